The predicted molar refractivity (Wildman–Crippen MR) is 92.8 cm³/mol. The van der Waals surface area contributed by atoms with Gasteiger partial charge in [0.1, 0.15) is 19.0 Å². The van der Waals surface area contributed by atoms with Crippen molar-refractivity contribution in [3.8, 4) is 5.75 Å². The summed E-state index contributed by atoms with van der Waals surface area (Å²) < 4.78 is 6.02. The van der Waals surface area contributed by atoms with Gasteiger partial charge in [0.05, 0.1) is 5.71 Å². The number of aryl methyl sites for hydroxylation is 2. The van der Waals surface area contributed by atoms with Crippen LogP contribution in [0.4, 0.5) is 0 Å². The van der Waals surface area contributed by atoms with Crippen LogP contribution in [0.1, 0.15) is 29.5 Å². The number of hydrogen-bond acceptors (Lipinski definition) is 3. The molecule has 2 aromatic rings. The molecule has 3 nitrogen and oxygen atoms in total. The molecule has 120 valence electrons. The molecule has 0 bridgehead atoms. The summed E-state index contributed by atoms with van der Waals surface area (Å²) >= 11 is 0. The summed E-state index contributed by atoms with van der Waals surface area (Å²) in [5, 5.41) is 4.35. The lowest BCUT2D eigenvalue weighted by Gasteiger charge is -2.13. The monoisotopic (exact) mass is 309 g/mol. The van der Waals surface area contributed by atoms with Gasteiger partial charge < -0.3 is 9.57 Å². The van der Waals surface area contributed by atoms with E-state index in [0.717, 1.165) is 28.2 Å². The van der Waals surface area contributed by atoms with E-state index in [1.807, 2.05) is 30.3 Å². The summed E-state index contributed by atoms with van der Waals surface area (Å²) in [6.45, 7) is 5.15. The van der Waals surface area contributed by atoms with Gasteiger partial charge in [-0.3, -0.25) is 0 Å². The Hall–Kier alpha value is -2.29. The largest absolute Gasteiger partial charge is 0.487 e. The summed E-state index contributed by atoms with van der Waals surface area (Å²) in [5.41, 5.74) is 4.46. The average Bonchev–Trinajstić information content (AvgIpc) is 3.38. The van der Waals surface area contributed by atoms with E-state index in [9.17, 15) is 0 Å². The Labute approximate surface area is 137 Å². The Morgan fingerprint density at radius 3 is 2.35 bits per heavy atom. The van der Waals surface area contributed by atoms with Gasteiger partial charge in [-0.15, -0.1) is 0 Å². The highest BCUT2D eigenvalue weighted by atomic mass is 16.6. The van der Waals surface area contributed by atoms with E-state index in [1.165, 1.54) is 12.8 Å². The first-order valence-corrected chi connectivity index (χ1v) is 8.15. The molecule has 0 aliphatic heterocycles. The molecular weight excluding hydrogens is 286 g/mol. The van der Waals surface area contributed by atoms with Crippen LogP contribution >= 0.6 is 0 Å². The average molecular weight is 309 g/mol. The van der Waals surface area contributed by atoms with E-state index in [2.05, 4.69) is 37.2 Å². The highest BCUT2D eigenvalue weighted by molar-refractivity contribution is 5.89. The van der Waals surface area contributed by atoms with Crippen molar-refractivity contribution < 1.29 is 9.57 Å². The minimum absolute atomic E-state index is 0.500. The first-order chi connectivity index (χ1) is 11.2. The second-order valence-corrected chi connectivity index (χ2v) is 6.13. The summed E-state index contributed by atoms with van der Waals surface area (Å²) in [4.78, 5) is 5.54. The second kappa shape index (κ2) is 7.32. The number of nitrogens with zero attached hydrogens (tertiary/aromatic N) is 1. The van der Waals surface area contributed by atoms with Gasteiger partial charge >= 0.3 is 0 Å². The Morgan fingerprint density at radius 2 is 1.70 bits per heavy atom. The molecule has 0 radical (unpaired) electrons. The van der Waals surface area contributed by atoms with Gasteiger partial charge in [-0.05, 0) is 43.4 Å². The third-order valence-corrected chi connectivity index (χ3v) is 4.08. The fourth-order valence-electron chi connectivity index (χ4n) is 2.57. The molecule has 3 heteroatoms. The summed E-state index contributed by atoms with van der Waals surface area (Å²) in [6, 6.07) is 16.3. The zero-order valence-electron chi connectivity index (χ0n) is 13.8. The fraction of sp³-hybridized carbons (Fsp3) is 0.350. The molecule has 0 amide bonds. The number of ether oxygens (including phenoxy) is 1. The topological polar surface area (TPSA) is 30.8 Å². The van der Waals surface area contributed by atoms with Crippen LogP contribution in [0.15, 0.2) is 53.7 Å². The lowest BCUT2D eigenvalue weighted by Crippen LogP contribution is -2.15. The quantitative estimate of drug-likeness (QED) is 0.550. The Kier molecular flexibility index (Phi) is 4.96. The molecule has 3 rings (SSSR count). The van der Waals surface area contributed by atoms with Crippen LogP contribution < -0.4 is 4.74 Å². The molecule has 0 aromatic heterocycles. The number of para-hydroxylation sites is 1. The summed E-state index contributed by atoms with van der Waals surface area (Å²) in [6.07, 6.45) is 2.37. The number of benzene rings is 2. The standard InChI is InChI=1S/C20H23NO2/c1-15-7-6-8-16(2)20(15)22-14-19(18-11-12-18)21-23-13-17-9-4-3-5-10-17/h3-10,18H,11-14H2,1-2H3. The van der Waals surface area contributed by atoms with Crippen LogP contribution in [0.25, 0.3) is 0 Å². The maximum Gasteiger partial charge on any atom is 0.142 e. The summed E-state index contributed by atoms with van der Waals surface area (Å²) in [7, 11) is 0. The molecular formula is C20H23NO2. The molecule has 1 fully saturated rings. The molecule has 0 spiro atoms. The van der Waals surface area contributed by atoms with Crippen LogP contribution in [0.2, 0.25) is 0 Å². The smallest absolute Gasteiger partial charge is 0.142 e. The van der Waals surface area contributed by atoms with Crippen LogP contribution in [0.3, 0.4) is 0 Å². The van der Waals surface area contributed by atoms with Gasteiger partial charge in [0.15, 0.2) is 0 Å². The zero-order chi connectivity index (χ0) is 16.1. The van der Waals surface area contributed by atoms with E-state index in [-0.39, 0.29) is 0 Å². The van der Waals surface area contributed by atoms with Crippen LogP contribution in [0, 0.1) is 19.8 Å². The maximum absolute atomic E-state index is 6.02. The normalized spacial score (nSPS) is 14.6. The minimum atomic E-state index is 0.500. The van der Waals surface area contributed by atoms with E-state index >= 15 is 0 Å². The van der Waals surface area contributed by atoms with Gasteiger partial charge in [0.2, 0.25) is 0 Å². The van der Waals surface area contributed by atoms with Crippen molar-refractivity contribution in [1.29, 1.82) is 0 Å². The molecule has 0 heterocycles. The van der Waals surface area contributed by atoms with Crippen LogP contribution in [0.5, 0.6) is 5.75 Å². The Bertz CT molecular complexity index is 655. The maximum atomic E-state index is 6.02. The lowest BCUT2D eigenvalue weighted by molar-refractivity contribution is 0.127. The highest BCUT2D eigenvalue weighted by Gasteiger charge is 2.29. The number of rotatable bonds is 7. The van der Waals surface area contributed by atoms with Gasteiger partial charge in [0.25, 0.3) is 0 Å². The van der Waals surface area contributed by atoms with Gasteiger partial charge in [-0.1, -0.05) is 53.7 Å². The molecule has 0 saturated heterocycles. The van der Waals surface area contributed by atoms with E-state index in [0.29, 0.717) is 19.1 Å². The Morgan fingerprint density at radius 1 is 1.00 bits per heavy atom. The molecule has 1 saturated carbocycles. The molecule has 0 atom stereocenters. The third kappa shape index (κ3) is 4.35. The molecule has 1 aliphatic carbocycles. The Balaban J connectivity index is 1.60. The van der Waals surface area contributed by atoms with Crippen molar-refractivity contribution in [2.45, 2.75) is 33.3 Å². The second-order valence-electron chi connectivity index (χ2n) is 6.13. The first-order valence-electron chi connectivity index (χ1n) is 8.15. The molecule has 0 N–H and O–H groups in total. The number of oxime groups is 1. The van der Waals surface area contributed by atoms with E-state index in [4.69, 9.17) is 9.57 Å². The molecule has 23 heavy (non-hydrogen) atoms. The third-order valence-electron chi connectivity index (χ3n) is 4.08. The van der Waals surface area contributed by atoms with Crippen LogP contribution in [-0.4, -0.2) is 12.3 Å². The van der Waals surface area contributed by atoms with E-state index in [1.54, 1.807) is 0 Å². The predicted octanol–water partition coefficient (Wildman–Crippen LogP) is 4.67. The van der Waals surface area contributed by atoms with Crippen molar-refractivity contribution in [1.82, 2.24) is 0 Å². The van der Waals surface area contributed by atoms with Gasteiger partial charge in [0, 0.05) is 5.92 Å². The van der Waals surface area contributed by atoms with Crippen LogP contribution in [-0.2, 0) is 11.4 Å². The number of hydrogen-bond donors (Lipinski definition) is 0. The zero-order valence-corrected chi connectivity index (χ0v) is 13.8. The van der Waals surface area contributed by atoms with Crippen molar-refractivity contribution in [2.24, 2.45) is 11.1 Å². The van der Waals surface area contributed by atoms with Crippen molar-refractivity contribution in [3.63, 3.8) is 0 Å². The van der Waals surface area contributed by atoms with Crippen molar-refractivity contribution >= 4 is 5.71 Å². The van der Waals surface area contributed by atoms with Crippen molar-refractivity contribution in [3.05, 3.63) is 65.2 Å². The van der Waals surface area contributed by atoms with Gasteiger partial charge in [-0.25, -0.2) is 0 Å². The molecule has 1 aliphatic rings. The van der Waals surface area contributed by atoms with E-state index < -0.39 is 0 Å². The van der Waals surface area contributed by atoms with Gasteiger partial charge in [-0.2, -0.15) is 0 Å². The molecule has 2 aromatic carbocycles. The lowest BCUT2D eigenvalue weighted by atomic mass is 10.1. The van der Waals surface area contributed by atoms with Crippen molar-refractivity contribution in [2.75, 3.05) is 6.61 Å². The fourth-order valence-corrected chi connectivity index (χ4v) is 2.57. The highest BCUT2D eigenvalue weighted by Crippen LogP contribution is 2.31. The minimum Gasteiger partial charge on any atom is -0.487 e. The summed E-state index contributed by atoms with van der Waals surface area (Å²) in [5.74, 6) is 1.49. The SMILES string of the molecule is Cc1cccc(C)c1OCC(=NOCc1ccccc1)C1CC1. The molecule has 0 unspecified atom stereocenters. The first kappa shape index (κ1) is 15.6.